The Morgan fingerprint density at radius 3 is 2.62 bits per heavy atom. The van der Waals surface area contributed by atoms with E-state index in [1.54, 1.807) is 6.07 Å². The fourth-order valence-corrected chi connectivity index (χ4v) is 4.60. The van der Waals surface area contributed by atoms with E-state index in [0.29, 0.717) is 30.2 Å². The fourth-order valence-electron chi connectivity index (χ4n) is 4.35. The van der Waals surface area contributed by atoms with Gasteiger partial charge in [0.1, 0.15) is 13.2 Å². The van der Waals surface area contributed by atoms with Crippen molar-refractivity contribution in [1.29, 1.82) is 0 Å². The second-order valence-corrected chi connectivity index (χ2v) is 8.44. The van der Waals surface area contributed by atoms with Crippen LogP contribution in [0.5, 0.6) is 0 Å². The van der Waals surface area contributed by atoms with Crippen molar-refractivity contribution < 1.29 is 14.0 Å². The highest BCUT2D eigenvalue weighted by molar-refractivity contribution is 6.36. The Balaban J connectivity index is 1.41. The van der Waals surface area contributed by atoms with Gasteiger partial charge in [-0.25, -0.2) is 8.91 Å². The van der Waals surface area contributed by atoms with Gasteiger partial charge in [-0.3, -0.25) is 9.59 Å². The standard InChI is InChI=1S/C21H22ClFN4O2/c22-19-17-10-14(13-5-6-13)9-16(11-23)27(17)24-20(19)21(29)25-7-8-26(18(28)12-25)15-3-1-2-4-15/h1-2,9-10,13,15H,3-8,11-12H2. The molecule has 0 bridgehead atoms. The summed E-state index contributed by atoms with van der Waals surface area (Å²) in [4.78, 5) is 29.0. The molecule has 0 spiro atoms. The molecule has 2 amide bonds. The van der Waals surface area contributed by atoms with Gasteiger partial charge in [-0.15, -0.1) is 0 Å². The molecule has 2 fully saturated rings. The van der Waals surface area contributed by atoms with Gasteiger partial charge in [0.05, 0.1) is 16.2 Å². The van der Waals surface area contributed by atoms with E-state index in [4.69, 9.17) is 11.6 Å². The lowest BCUT2D eigenvalue weighted by molar-refractivity contribution is -0.137. The summed E-state index contributed by atoms with van der Waals surface area (Å²) in [6.07, 6.45) is 8.08. The second-order valence-electron chi connectivity index (χ2n) is 8.06. The van der Waals surface area contributed by atoms with Crippen LogP contribution >= 0.6 is 11.6 Å². The summed E-state index contributed by atoms with van der Waals surface area (Å²) >= 11 is 6.51. The zero-order chi connectivity index (χ0) is 20.1. The normalized spacial score (nSPS) is 20.3. The smallest absolute Gasteiger partial charge is 0.276 e. The monoisotopic (exact) mass is 416 g/mol. The molecule has 0 atom stereocenters. The molecule has 0 radical (unpaired) electrons. The van der Waals surface area contributed by atoms with Crippen LogP contribution in [0.3, 0.4) is 0 Å². The predicted molar refractivity (Wildman–Crippen MR) is 107 cm³/mol. The summed E-state index contributed by atoms with van der Waals surface area (Å²) in [6.45, 7) is 0.274. The third-order valence-electron chi connectivity index (χ3n) is 6.13. The van der Waals surface area contributed by atoms with Crippen molar-refractivity contribution >= 4 is 28.9 Å². The van der Waals surface area contributed by atoms with Crippen molar-refractivity contribution in [2.75, 3.05) is 19.6 Å². The summed E-state index contributed by atoms with van der Waals surface area (Å²) in [6, 6.07) is 3.91. The van der Waals surface area contributed by atoms with Gasteiger partial charge in [0.2, 0.25) is 5.91 Å². The first-order valence-electron chi connectivity index (χ1n) is 10.1. The molecule has 0 N–H and O–H groups in total. The van der Waals surface area contributed by atoms with Crippen molar-refractivity contribution in [2.45, 2.75) is 44.3 Å². The Labute approximate surface area is 172 Å². The first-order valence-corrected chi connectivity index (χ1v) is 10.5. The minimum Gasteiger partial charge on any atom is -0.336 e. The number of hydrogen-bond acceptors (Lipinski definition) is 3. The van der Waals surface area contributed by atoms with Crippen LogP contribution in [0, 0.1) is 0 Å². The molecule has 2 aromatic heterocycles. The molecule has 0 aromatic carbocycles. The Kier molecular flexibility index (Phi) is 4.57. The second kappa shape index (κ2) is 7.13. The lowest BCUT2D eigenvalue weighted by Crippen LogP contribution is -2.55. The van der Waals surface area contributed by atoms with E-state index in [9.17, 15) is 14.0 Å². The average molecular weight is 417 g/mol. The van der Waals surface area contributed by atoms with Gasteiger partial charge in [0.25, 0.3) is 5.91 Å². The number of piperazine rings is 1. The summed E-state index contributed by atoms with van der Waals surface area (Å²) < 4.78 is 15.0. The molecule has 5 rings (SSSR count). The van der Waals surface area contributed by atoms with E-state index >= 15 is 0 Å². The minimum atomic E-state index is -0.685. The van der Waals surface area contributed by atoms with Gasteiger partial charge < -0.3 is 9.80 Å². The van der Waals surface area contributed by atoms with Crippen LogP contribution in [-0.2, 0) is 11.5 Å². The lowest BCUT2D eigenvalue weighted by atomic mass is 10.1. The van der Waals surface area contributed by atoms with E-state index in [2.05, 4.69) is 17.3 Å². The quantitative estimate of drug-likeness (QED) is 0.718. The zero-order valence-electron chi connectivity index (χ0n) is 16.0. The molecule has 6 nitrogen and oxygen atoms in total. The molecule has 152 valence electrons. The number of pyridine rings is 1. The topological polar surface area (TPSA) is 57.9 Å². The minimum absolute atomic E-state index is 0.0167. The molecule has 2 aromatic rings. The van der Waals surface area contributed by atoms with Gasteiger partial charge in [-0.05, 0) is 49.3 Å². The summed E-state index contributed by atoms with van der Waals surface area (Å²) in [5.74, 6) is -0.00104. The molecule has 1 saturated heterocycles. The number of halogens is 2. The van der Waals surface area contributed by atoms with Gasteiger partial charge in [0, 0.05) is 19.1 Å². The van der Waals surface area contributed by atoms with Crippen LogP contribution in [0.4, 0.5) is 4.39 Å². The van der Waals surface area contributed by atoms with Crippen LogP contribution < -0.4 is 0 Å². The number of fused-ring (bicyclic) bond motifs is 1. The Morgan fingerprint density at radius 1 is 1.21 bits per heavy atom. The number of nitrogens with zero attached hydrogens (tertiary/aromatic N) is 4. The van der Waals surface area contributed by atoms with Crippen molar-refractivity contribution in [1.82, 2.24) is 19.4 Å². The average Bonchev–Trinajstić information content (AvgIpc) is 3.34. The predicted octanol–water partition coefficient (Wildman–Crippen LogP) is 3.34. The van der Waals surface area contributed by atoms with Crippen LogP contribution in [-0.4, -0.2) is 56.9 Å². The van der Waals surface area contributed by atoms with Crippen molar-refractivity contribution in [3.63, 3.8) is 0 Å². The first-order chi connectivity index (χ1) is 14.1. The zero-order valence-corrected chi connectivity index (χ0v) is 16.7. The van der Waals surface area contributed by atoms with Crippen LogP contribution in [0.25, 0.3) is 5.52 Å². The number of rotatable bonds is 4. The highest BCUT2D eigenvalue weighted by Gasteiger charge is 2.34. The maximum atomic E-state index is 13.6. The summed E-state index contributed by atoms with van der Waals surface area (Å²) in [7, 11) is 0. The molecule has 3 heterocycles. The molecule has 0 unspecified atom stereocenters. The van der Waals surface area contributed by atoms with Crippen molar-refractivity contribution in [3.8, 4) is 0 Å². The molecular formula is C21H22ClFN4O2. The third-order valence-corrected chi connectivity index (χ3v) is 6.50. The molecular weight excluding hydrogens is 395 g/mol. The van der Waals surface area contributed by atoms with Crippen molar-refractivity contribution in [2.24, 2.45) is 0 Å². The molecule has 8 heteroatoms. The maximum absolute atomic E-state index is 13.6. The number of amides is 2. The number of hydrogen-bond donors (Lipinski definition) is 0. The SMILES string of the molecule is O=C(c1nn2c(CF)cc(C3CC3)cc2c1Cl)N1CCN(C2CC=CC2)C(=O)C1. The number of aromatic nitrogens is 2. The highest BCUT2D eigenvalue weighted by atomic mass is 35.5. The third kappa shape index (κ3) is 3.21. The largest absolute Gasteiger partial charge is 0.336 e. The van der Waals surface area contributed by atoms with E-state index < -0.39 is 6.67 Å². The van der Waals surface area contributed by atoms with Gasteiger partial charge in [-0.2, -0.15) is 5.10 Å². The highest BCUT2D eigenvalue weighted by Crippen LogP contribution is 2.41. The number of carbonyl (C=O) groups excluding carboxylic acids is 2. The Bertz CT molecular complexity index is 1020. The van der Waals surface area contributed by atoms with Crippen LogP contribution in [0.15, 0.2) is 24.3 Å². The molecule has 2 aliphatic carbocycles. The van der Waals surface area contributed by atoms with E-state index in [-0.39, 0.29) is 35.1 Å². The van der Waals surface area contributed by atoms with Crippen molar-refractivity contribution in [3.05, 3.63) is 46.3 Å². The lowest BCUT2D eigenvalue weighted by Gasteiger charge is -2.37. The van der Waals surface area contributed by atoms with Gasteiger partial charge in [0.15, 0.2) is 5.69 Å². The number of carbonyl (C=O) groups is 2. The molecule has 1 aliphatic heterocycles. The fraction of sp³-hybridized carbons (Fsp3) is 0.476. The first kappa shape index (κ1) is 18.6. The Morgan fingerprint density at radius 2 is 1.97 bits per heavy atom. The summed E-state index contributed by atoms with van der Waals surface area (Å²) in [5, 5.41) is 4.54. The Hall–Kier alpha value is -2.41. The molecule has 1 saturated carbocycles. The number of alkyl halides is 1. The van der Waals surface area contributed by atoms with E-state index in [1.807, 2.05) is 11.0 Å². The molecule has 29 heavy (non-hydrogen) atoms. The maximum Gasteiger partial charge on any atom is 0.276 e. The molecule has 3 aliphatic rings. The summed E-state index contributed by atoms with van der Waals surface area (Å²) in [5.41, 5.74) is 2.06. The van der Waals surface area contributed by atoms with Gasteiger partial charge >= 0.3 is 0 Å². The van der Waals surface area contributed by atoms with E-state index in [0.717, 1.165) is 31.2 Å². The van der Waals surface area contributed by atoms with Crippen LogP contribution in [0.1, 0.15) is 53.3 Å². The van der Waals surface area contributed by atoms with Crippen LogP contribution in [0.2, 0.25) is 5.02 Å². The van der Waals surface area contributed by atoms with E-state index in [1.165, 1.54) is 9.42 Å². The van der Waals surface area contributed by atoms with Gasteiger partial charge in [-0.1, -0.05) is 23.8 Å².